The number of amides is 2. The fraction of sp³-hybridized carbons (Fsp3) is 0.316. The van der Waals surface area contributed by atoms with E-state index in [0.717, 1.165) is 22.4 Å². The van der Waals surface area contributed by atoms with Gasteiger partial charge in [0.25, 0.3) is 0 Å². The number of hydrogen-bond donors (Lipinski definition) is 3. The van der Waals surface area contributed by atoms with Gasteiger partial charge in [-0.05, 0) is 35.2 Å². The van der Waals surface area contributed by atoms with Crippen LogP contribution in [-0.2, 0) is 12.8 Å². The van der Waals surface area contributed by atoms with Crippen molar-refractivity contribution in [3.8, 4) is 5.75 Å². The second-order valence-corrected chi connectivity index (χ2v) is 5.95. The van der Waals surface area contributed by atoms with E-state index in [-0.39, 0.29) is 12.1 Å². The van der Waals surface area contributed by atoms with E-state index in [1.54, 1.807) is 7.11 Å². The number of methoxy groups -OCH3 is 1. The van der Waals surface area contributed by atoms with Crippen molar-refractivity contribution >= 4 is 6.03 Å². The third kappa shape index (κ3) is 3.68. The quantitative estimate of drug-likeness (QED) is 0.789. The topological polar surface area (TPSA) is 70.6 Å². The highest BCUT2D eigenvalue weighted by atomic mass is 16.5. The van der Waals surface area contributed by atoms with Crippen molar-refractivity contribution in [2.24, 2.45) is 0 Å². The zero-order valence-corrected chi connectivity index (χ0v) is 13.7. The molecule has 0 saturated carbocycles. The summed E-state index contributed by atoms with van der Waals surface area (Å²) in [6, 6.07) is 15.0. The minimum Gasteiger partial charge on any atom is -0.497 e. The Kier molecular flexibility index (Phi) is 5.01. The van der Waals surface area contributed by atoms with Gasteiger partial charge in [-0.2, -0.15) is 0 Å². The van der Waals surface area contributed by atoms with Crippen molar-refractivity contribution in [1.29, 1.82) is 0 Å². The Labute approximate surface area is 141 Å². The van der Waals surface area contributed by atoms with Gasteiger partial charge in [0.15, 0.2) is 0 Å². The molecule has 24 heavy (non-hydrogen) atoms. The second-order valence-electron chi connectivity index (χ2n) is 5.95. The molecular formula is C19H22N2O3. The largest absolute Gasteiger partial charge is 0.497 e. The minimum atomic E-state index is -0.577. The molecule has 5 nitrogen and oxygen atoms in total. The van der Waals surface area contributed by atoms with E-state index in [9.17, 15) is 9.90 Å². The first-order valence-electron chi connectivity index (χ1n) is 8.10. The molecule has 3 rings (SSSR count). The Morgan fingerprint density at radius 1 is 1.25 bits per heavy atom. The summed E-state index contributed by atoms with van der Waals surface area (Å²) >= 11 is 0. The van der Waals surface area contributed by atoms with Gasteiger partial charge in [0, 0.05) is 13.0 Å². The standard InChI is InChI=1S/C19H22N2O3/c1-24-15-7-4-5-13(11-15)9-10-20-19(23)21-18-16-8-3-2-6-14(16)12-17(18)22/h2-8,11,17-18,22H,9-10,12H2,1H3,(H2,20,21,23)/t17-,18+/m1/s1. The lowest BCUT2D eigenvalue weighted by Crippen LogP contribution is -2.41. The van der Waals surface area contributed by atoms with Crippen molar-refractivity contribution in [1.82, 2.24) is 10.6 Å². The monoisotopic (exact) mass is 326 g/mol. The molecular weight excluding hydrogens is 304 g/mol. The number of benzene rings is 2. The number of carbonyl (C=O) groups is 1. The van der Waals surface area contributed by atoms with E-state index < -0.39 is 6.10 Å². The first-order valence-corrected chi connectivity index (χ1v) is 8.10. The Balaban J connectivity index is 1.51. The number of hydrogen-bond acceptors (Lipinski definition) is 3. The highest BCUT2D eigenvalue weighted by Gasteiger charge is 2.31. The van der Waals surface area contributed by atoms with Crippen LogP contribution in [0.4, 0.5) is 4.79 Å². The molecule has 1 aliphatic rings. The summed E-state index contributed by atoms with van der Waals surface area (Å²) in [5.74, 6) is 0.808. The van der Waals surface area contributed by atoms with Gasteiger partial charge in [0.2, 0.25) is 0 Å². The summed E-state index contributed by atoms with van der Waals surface area (Å²) in [5.41, 5.74) is 3.18. The lowest BCUT2D eigenvalue weighted by atomic mass is 10.1. The SMILES string of the molecule is COc1cccc(CCNC(=O)N[C@H]2c3ccccc3C[C@H]2O)c1. The molecule has 0 aliphatic heterocycles. The number of aliphatic hydroxyl groups is 1. The second kappa shape index (κ2) is 7.36. The van der Waals surface area contributed by atoms with Crippen LogP contribution in [0.1, 0.15) is 22.7 Å². The van der Waals surface area contributed by atoms with Gasteiger partial charge in [-0.1, -0.05) is 36.4 Å². The van der Waals surface area contributed by atoms with Crippen LogP contribution in [0.5, 0.6) is 5.75 Å². The van der Waals surface area contributed by atoms with Gasteiger partial charge in [-0.25, -0.2) is 4.79 Å². The number of ether oxygens (including phenoxy) is 1. The predicted molar refractivity (Wildman–Crippen MR) is 92.1 cm³/mol. The van der Waals surface area contributed by atoms with E-state index in [2.05, 4.69) is 10.6 Å². The van der Waals surface area contributed by atoms with Crippen molar-refractivity contribution in [3.05, 3.63) is 65.2 Å². The van der Waals surface area contributed by atoms with Crippen LogP contribution in [0.2, 0.25) is 0 Å². The fourth-order valence-electron chi connectivity index (χ4n) is 3.09. The van der Waals surface area contributed by atoms with Gasteiger partial charge in [0.05, 0.1) is 19.3 Å². The third-order valence-electron chi connectivity index (χ3n) is 4.32. The molecule has 2 aromatic rings. The molecule has 0 bridgehead atoms. The Bertz CT molecular complexity index is 717. The van der Waals surface area contributed by atoms with Crippen LogP contribution in [0.25, 0.3) is 0 Å². The van der Waals surface area contributed by atoms with Crippen molar-refractivity contribution < 1.29 is 14.6 Å². The van der Waals surface area contributed by atoms with Gasteiger partial charge < -0.3 is 20.5 Å². The molecule has 2 atom stereocenters. The molecule has 0 saturated heterocycles. The van der Waals surface area contributed by atoms with Crippen LogP contribution in [0, 0.1) is 0 Å². The molecule has 3 N–H and O–H groups in total. The van der Waals surface area contributed by atoms with Crippen LogP contribution < -0.4 is 15.4 Å². The zero-order chi connectivity index (χ0) is 16.9. The van der Waals surface area contributed by atoms with Crippen LogP contribution in [0.3, 0.4) is 0 Å². The third-order valence-corrected chi connectivity index (χ3v) is 4.32. The first kappa shape index (κ1) is 16.3. The molecule has 0 radical (unpaired) electrons. The van der Waals surface area contributed by atoms with E-state index in [0.29, 0.717) is 19.4 Å². The number of fused-ring (bicyclic) bond motifs is 1. The van der Waals surface area contributed by atoms with Gasteiger partial charge >= 0.3 is 6.03 Å². The summed E-state index contributed by atoms with van der Waals surface area (Å²) < 4.78 is 5.19. The Morgan fingerprint density at radius 2 is 2.08 bits per heavy atom. The molecule has 0 fully saturated rings. The molecule has 0 heterocycles. The van der Waals surface area contributed by atoms with Crippen LogP contribution in [0.15, 0.2) is 48.5 Å². The molecule has 126 valence electrons. The zero-order valence-electron chi connectivity index (χ0n) is 13.7. The maximum atomic E-state index is 12.1. The summed E-state index contributed by atoms with van der Waals surface area (Å²) in [5, 5.41) is 15.9. The normalized spacial score (nSPS) is 18.8. The van der Waals surface area contributed by atoms with Gasteiger partial charge in [-0.3, -0.25) is 0 Å². The number of rotatable bonds is 5. The summed E-state index contributed by atoms with van der Waals surface area (Å²) in [4.78, 5) is 12.1. The van der Waals surface area contributed by atoms with Gasteiger partial charge in [0.1, 0.15) is 5.75 Å². The first-order chi connectivity index (χ1) is 11.7. The summed E-state index contributed by atoms with van der Waals surface area (Å²) in [6.45, 7) is 0.517. The van der Waals surface area contributed by atoms with Gasteiger partial charge in [-0.15, -0.1) is 0 Å². The molecule has 2 amide bonds. The van der Waals surface area contributed by atoms with E-state index in [1.807, 2.05) is 48.5 Å². The Morgan fingerprint density at radius 3 is 2.92 bits per heavy atom. The number of carbonyl (C=O) groups excluding carboxylic acids is 1. The number of urea groups is 1. The highest BCUT2D eigenvalue weighted by Crippen LogP contribution is 2.30. The molecule has 0 aromatic heterocycles. The number of nitrogens with one attached hydrogen (secondary N) is 2. The predicted octanol–water partition coefficient (Wildman–Crippen LogP) is 2.20. The molecule has 2 aromatic carbocycles. The van der Waals surface area contributed by atoms with Crippen LogP contribution in [-0.4, -0.2) is 30.9 Å². The lowest BCUT2D eigenvalue weighted by molar-refractivity contribution is 0.142. The maximum absolute atomic E-state index is 12.1. The smallest absolute Gasteiger partial charge is 0.315 e. The highest BCUT2D eigenvalue weighted by molar-refractivity contribution is 5.74. The maximum Gasteiger partial charge on any atom is 0.315 e. The number of aliphatic hydroxyl groups excluding tert-OH is 1. The Hall–Kier alpha value is -2.53. The molecule has 0 spiro atoms. The van der Waals surface area contributed by atoms with Crippen LogP contribution >= 0.6 is 0 Å². The average molecular weight is 326 g/mol. The van der Waals surface area contributed by atoms with Crippen molar-refractivity contribution in [2.45, 2.75) is 25.0 Å². The minimum absolute atomic E-state index is 0.265. The van der Waals surface area contributed by atoms with E-state index in [1.165, 1.54) is 0 Å². The van der Waals surface area contributed by atoms with Crippen molar-refractivity contribution in [2.75, 3.05) is 13.7 Å². The summed E-state index contributed by atoms with van der Waals surface area (Å²) in [7, 11) is 1.63. The molecule has 5 heteroatoms. The fourth-order valence-corrected chi connectivity index (χ4v) is 3.09. The molecule has 0 unspecified atom stereocenters. The van der Waals surface area contributed by atoms with E-state index in [4.69, 9.17) is 4.74 Å². The molecule has 1 aliphatic carbocycles. The average Bonchev–Trinajstić information content (AvgIpc) is 2.91. The van der Waals surface area contributed by atoms with E-state index >= 15 is 0 Å². The van der Waals surface area contributed by atoms with Crippen molar-refractivity contribution in [3.63, 3.8) is 0 Å². The lowest BCUT2D eigenvalue weighted by Gasteiger charge is -2.18. The summed E-state index contributed by atoms with van der Waals surface area (Å²) in [6.07, 6.45) is 0.714.